The number of aliphatic hydroxyl groups excluding tert-OH is 1. The maximum absolute atomic E-state index is 10.2. The Morgan fingerprint density at radius 3 is 2.87 bits per heavy atom. The Morgan fingerprint density at radius 2 is 2.22 bits per heavy atom. The van der Waals surface area contributed by atoms with Gasteiger partial charge in [0.1, 0.15) is 12.4 Å². The van der Waals surface area contributed by atoms with Gasteiger partial charge in [0, 0.05) is 13.1 Å². The van der Waals surface area contributed by atoms with Crippen molar-refractivity contribution in [1.29, 1.82) is 0 Å². The second-order valence-corrected chi connectivity index (χ2v) is 7.08. The molecule has 0 aliphatic rings. The number of ether oxygens (including phenoxy) is 1. The van der Waals surface area contributed by atoms with E-state index in [9.17, 15) is 5.11 Å². The molecule has 0 radical (unpaired) electrons. The second-order valence-electron chi connectivity index (χ2n) is 6.30. The molecule has 5 heteroatoms. The highest BCUT2D eigenvalue weighted by atomic mass is 32.1. The normalized spacial score (nSPS) is 13.1. The van der Waals surface area contributed by atoms with Crippen molar-refractivity contribution in [1.82, 2.24) is 4.90 Å². The minimum absolute atomic E-state index is 0.322. The van der Waals surface area contributed by atoms with Crippen LogP contribution in [0.1, 0.15) is 31.6 Å². The summed E-state index contributed by atoms with van der Waals surface area (Å²) in [6.45, 7) is 7.68. The summed E-state index contributed by atoms with van der Waals surface area (Å²) in [4.78, 5) is 2.31. The van der Waals surface area contributed by atoms with Crippen LogP contribution in [-0.4, -0.2) is 35.8 Å². The fraction of sp³-hybridized carbons (Fsp3) is 0.556. The third-order valence-electron chi connectivity index (χ3n) is 3.61. The summed E-state index contributed by atoms with van der Waals surface area (Å²) >= 11 is 1.71. The molecule has 0 aromatic carbocycles. The van der Waals surface area contributed by atoms with E-state index >= 15 is 0 Å². The van der Waals surface area contributed by atoms with Crippen LogP contribution in [-0.2, 0) is 17.9 Å². The Balaban J connectivity index is 1.75. The summed E-state index contributed by atoms with van der Waals surface area (Å²) in [5.41, 5.74) is 1.31. The molecule has 1 N–H and O–H groups in total. The summed E-state index contributed by atoms with van der Waals surface area (Å²) in [5.74, 6) is 1.44. The molecule has 2 aromatic heterocycles. The first-order valence-electron chi connectivity index (χ1n) is 8.15. The first-order chi connectivity index (χ1) is 11.1. The van der Waals surface area contributed by atoms with Gasteiger partial charge in [0.05, 0.1) is 19.0 Å². The van der Waals surface area contributed by atoms with Gasteiger partial charge in [0.2, 0.25) is 0 Å². The number of aliphatic hydroxyl groups is 1. The average molecular weight is 337 g/mol. The van der Waals surface area contributed by atoms with E-state index in [0.717, 1.165) is 25.3 Å². The molecule has 0 fully saturated rings. The molecule has 0 unspecified atom stereocenters. The molecule has 1 atom stereocenters. The van der Waals surface area contributed by atoms with Gasteiger partial charge in [0.15, 0.2) is 0 Å². The number of nitrogens with zero attached hydrogens (tertiary/aromatic N) is 1. The predicted molar refractivity (Wildman–Crippen MR) is 93.4 cm³/mol. The minimum atomic E-state index is -0.490. The fourth-order valence-corrected chi connectivity index (χ4v) is 3.02. The zero-order valence-electron chi connectivity index (χ0n) is 14.0. The highest BCUT2D eigenvalue weighted by molar-refractivity contribution is 7.07. The molecule has 128 valence electrons. The zero-order chi connectivity index (χ0) is 16.5. The van der Waals surface area contributed by atoms with E-state index < -0.39 is 6.10 Å². The van der Waals surface area contributed by atoms with E-state index in [1.165, 1.54) is 5.56 Å². The van der Waals surface area contributed by atoms with Crippen LogP contribution in [0.4, 0.5) is 0 Å². The topological polar surface area (TPSA) is 45.8 Å². The van der Waals surface area contributed by atoms with Crippen molar-refractivity contribution in [2.75, 3.05) is 19.7 Å². The van der Waals surface area contributed by atoms with Gasteiger partial charge in [0.25, 0.3) is 0 Å². The molecule has 0 saturated carbocycles. The molecule has 0 saturated heterocycles. The smallest absolute Gasteiger partial charge is 0.129 e. The largest absolute Gasteiger partial charge is 0.467 e. The van der Waals surface area contributed by atoms with Gasteiger partial charge in [-0.3, -0.25) is 4.90 Å². The minimum Gasteiger partial charge on any atom is -0.467 e. The Bertz CT molecular complexity index is 510. The fourth-order valence-electron chi connectivity index (χ4n) is 2.36. The predicted octanol–water partition coefficient (Wildman–Crippen LogP) is 3.77. The van der Waals surface area contributed by atoms with Crippen LogP contribution in [0.25, 0.3) is 0 Å². The molecule has 0 aliphatic heterocycles. The lowest BCUT2D eigenvalue weighted by Crippen LogP contribution is -2.35. The summed E-state index contributed by atoms with van der Waals surface area (Å²) in [5, 5.41) is 14.5. The van der Waals surface area contributed by atoms with Crippen molar-refractivity contribution >= 4 is 11.3 Å². The molecular weight excluding hydrogens is 310 g/mol. The summed E-state index contributed by atoms with van der Waals surface area (Å²) in [6, 6.07) is 5.86. The zero-order valence-corrected chi connectivity index (χ0v) is 14.8. The summed E-state index contributed by atoms with van der Waals surface area (Å²) in [7, 11) is 0. The van der Waals surface area contributed by atoms with E-state index in [4.69, 9.17) is 9.15 Å². The molecule has 4 nitrogen and oxygen atoms in total. The van der Waals surface area contributed by atoms with Crippen LogP contribution in [0, 0.1) is 5.92 Å². The highest BCUT2D eigenvalue weighted by Gasteiger charge is 2.14. The van der Waals surface area contributed by atoms with Crippen LogP contribution < -0.4 is 0 Å². The first-order valence-corrected chi connectivity index (χ1v) is 9.09. The van der Waals surface area contributed by atoms with Gasteiger partial charge < -0.3 is 14.3 Å². The maximum Gasteiger partial charge on any atom is 0.129 e. The molecule has 0 bridgehead atoms. The standard InChI is InChI=1S/C18H27NO3S/c1-15(2)5-7-19(10-16-6-9-23-14-16)11-17(20)12-21-13-18-4-3-8-22-18/h3-4,6,8-9,14-15,17,20H,5,7,10-13H2,1-2H3/t17-/m0/s1. The van der Waals surface area contributed by atoms with E-state index in [2.05, 4.69) is 35.6 Å². The Morgan fingerprint density at radius 1 is 1.35 bits per heavy atom. The lowest BCUT2D eigenvalue weighted by Gasteiger charge is -2.25. The molecule has 0 aliphatic carbocycles. The van der Waals surface area contributed by atoms with Crippen molar-refractivity contribution in [3.63, 3.8) is 0 Å². The third kappa shape index (κ3) is 7.31. The van der Waals surface area contributed by atoms with E-state index in [1.54, 1.807) is 17.6 Å². The number of furan rings is 1. The summed E-state index contributed by atoms with van der Waals surface area (Å²) in [6.07, 6.45) is 2.27. The Hall–Kier alpha value is -1.14. The molecule has 0 amide bonds. The lowest BCUT2D eigenvalue weighted by atomic mass is 10.1. The van der Waals surface area contributed by atoms with Crippen molar-refractivity contribution in [3.8, 4) is 0 Å². The Labute approximate surface area is 142 Å². The van der Waals surface area contributed by atoms with Gasteiger partial charge in [-0.1, -0.05) is 13.8 Å². The molecular formula is C18H27NO3S. The second kappa shape index (κ2) is 9.88. The van der Waals surface area contributed by atoms with Crippen LogP contribution in [0.5, 0.6) is 0 Å². The van der Waals surface area contributed by atoms with Crippen LogP contribution in [0.15, 0.2) is 39.6 Å². The van der Waals surface area contributed by atoms with Gasteiger partial charge >= 0.3 is 0 Å². The van der Waals surface area contributed by atoms with Gasteiger partial charge in [-0.05, 0) is 53.4 Å². The first kappa shape index (κ1) is 18.2. The monoisotopic (exact) mass is 337 g/mol. The molecule has 0 spiro atoms. The number of rotatable bonds is 11. The Kier molecular flexibility index (Phi) is 7.82. The van der Waals surface area contributed by atoms with E-state index in [-0.39, 0.29) is 0 Å². The quantitative estimate of drug-likeness (QED) is 0.678. The van der Waals surface area contributed by atoms with Crippen molar-refractivity contribution in [3.05, 3.63) is 46.5 Å². The van der Waals surface area contributed by atoms with Crippen molar-refractivity contribution in [2.24, 2.45) is 5.92 Å². The number of thiophene rings is 1. The SMILES string of the molecule is CC(C)CCN(Cc1ccsc1)C[C@H](O)COCc1ccco1. The van der Waals surface area contributed by atoms with Crippen molar-refractivity contribution < 1.29 is 14.3 Å². The summed E-state index contributed by atoms with van der Waals surface area (Å²) < 4.78 is 10.7. The molecule has 2 rings (SSSR count). The van der Waals surface area contributed by atoms with Crippen LogP contribution >= 0.6 is 11.3 Å². The van der Waals surface area contributed by atoms with Gasteiger partial charge in [-0.2, -0.15) is 11.3 Å². The lowest BCUT2D eigenvalue weighted by molar-refractivity contribution is 0.00327. The number of hydrogen-bond acceptors (Lipinski definition) is 5. The van der Waals surface area contributed by atoms with Crippen LogP contribution in [0.2, 0.25) is 0 Å². The van der Waals surface area contributed by atoms with Crippen LogP contribution in [0.3, 0.4) is 0 Å². The number of hydrogen-bond donors (Lipinski definition) is 1. The third-order valence-corrected chi connectivity index (χ3v) is 4.34. The molecule has 23 heavy (non-hydrogen) atoms. The molecule has 2 heterocycles. The van der Waals surface area contributed by atoms with Gasteiger partial charge in [-0.25, -0.2) is 0 Å². The van der Waals surface area contributed by atoms with Gasteiger partial charge in [-0.15, -0.1) is 0 Å². The van der Waals surface area contributed by atoms with Crippen molar-refractivity contribution in [2.45, 2.75) is 39.5 Å². The average Bonchev–Trinajstić information content (AvgIpc) is 3.18. The van der Waals surface area contributed by atoms with E-state index in [0.29, 0.717) is 25.7 Å². The molecule has 2 aromatic rings. The maximum atomic E-state index is 10.2. The van der Waals surface area contributed by atoms with E-state index in [1.807, 2.05) is 12.1 Å². The highest BCUT2D eigenvalue weighted by Crippen LogP contribution is 2.12.